The summed E-state index contributed by atoms with van der Waals surface area (Å²) < 4.78 is 22.8. The quantitative estimate of drug-likeness (QED) is 0.484. The summed E-state index contributed by atoms with van der Waals surface area (Å²) in [6, 6.07) is 3.15. The van der Waals surface area contributed by atoms with E-state index in [4.69, 9.17) is 18.9 Å². The predicted octanol–water partition coefficient (Wildman–Crippen LogP) is 4.32. The van der Waals surface area contributed by atoms with E-state index in [1.54, 1.807) is 54.7 Å². The minimum Gasteiger partial charge on any atom is -0.496 e. The number of aromatic nitrogens is 1. The zero-order valence-electron chi connectivity index (χ0n) is 24.8. The molecule has 40 heavy (non-hydrogen) atoms. The zero-order chi connectivity index (χ0) is 30.0. The number of nitrogens with one attached hydrogen (secondary N) is 1. The van der Waals surface area contributed by atoms with Gasteiger partial charge in [0.15, 0.2) is 0 Å². The molecule has 0 spiro atoms. The van der Waals surface area contributed by atoms with Crippen molar-refractivity contribution in [1.29, 1.82) is 0 Å². The number of fused-ring (bicyclic) bond motifs is 1. The molecule has 1 aliphatic heterocycles. The highest BCUT2D eigenvalue weighted by atomic mass is 16.6. The van der Waals surface area contributed by atoms with Crippen molar-refractivity contribution in [1.82, 2.24) is 15.2 Å². The van der Waals surface area contributed by atoms with Crippen LogP contribution >= 0.6 is 0 Å². The number of benzene rings is 1. The van der Waals surface area contributed by atoms with Crippen LogP contribution in [0.5, 0.6) is 17.4 Å². The number of amides is 2. The molecule has 11 heteroatoms. The second-order valence-corrected chi connectivity index (χ2v) is 11.9. The van der Waals surface area contributed by atoms with Crippen LogP contribution in [0.1, 0.15) is 60.5 Å². The molecule has 3 rings (SSSR count). The number of aliphatic carboxylic acids is 1. The Morgan fingerprint density at radius 1 is 1.15 bits per heavy atom. The first-order valence-electron chi connectivity index (χ1n) is 13.4. The number of nitrogens with zero attached hydrogens (tertiary/aromatic N) is 2. The first-order valence-corrected chi connectivity index (χ1v) is 13.4. The molecule has 1 aliphatic rings. The number of hydrogen-bond acceptors (Lipinski definition) is 8. The van der Waals surface area contributed by atoms with E-state index in [1.807, 2.05) is 26.0 Å². The highest BCUT2D eigenvalue weighted by molar-refractivity contribution is 5.91. The van der Waals surface area contributed by atoms with Crippen LogP contribution in [0.15, 0.2) is 18.2 Å². The minimum atomic E-state index is -1.15. The van der Waals surface area contributed by atoms with E-state index in [-0.39, 0.29) is 13.0 Å². The van der Waals surface area contributed by atoms with Crippen molar-refractivity contribution < 1.29 is 38.4 Å². The van der Waals surface area contributed by atoms with Crippen LogP contribution in [0.3, 0.4) is 0 Å². The van der Waals surface area contributed by atoms with Crippen molar-refractivity contribution in [2.75, 3.05) is 20.3 Å². The van der Waals surface area contributed by atoms with Gasteiger partial charge in [0.25, 0.3) is 0 Å². The monoisotopic (exact) mass is 559 g/mol. The summed E-state index contributed by atoms with van der Waals surface area (Å²) in [5.74, 6) is -0.196. The van der Waals surface area contributed by atoms with Crippen LogP contribution in [0.25, 0.3) is 10.9 Å². The number of carbonyl (C=O) groups is 3. The van der Waals surface area contributed by atoms with Crippen LogP contribution in [0.4, 0.5) is 4.79 Å². The molecule has 3 atom stereocenters. The molecule has 2 aromatic rings. The fraction of sp³-hybridized carbons (Fsp3) is 0.586. The summed E-state index contributed by atoms with van der Waals surface area (Å²) in [6.45, 7) is 14.7. The van der Waals surface area contributed by atoms with Crippen molar-refractivity contribution in [2.45, 2.75) is 85.6 Å². The van der Waals surface area contributed by atoms with E-state index >= 15 is 0 Å². The highest BCUT2D eigenvalue weighted by Gasteiger charge is 2.46. The van der Waals surface area contributed by atoms with Gasteiger partial charge in [-0.15, -0.1) is 0 Å². The van der Waals surface area contributed by atoms with Crippen LogP contribution in [0, 0.1) is 12.3 Å². The second-order valence-electron chi connectivity index (χ2n) is 11.9. The number of hydrogen-bond donors (Lipinski definition) is 2. The largest absolute Gasteiger partial charge is 0.496 e. The Balaban J connectivity index is 1.93. The normalized spacial score (nSPS) is 18.3. The Morgan fingerprint density at radius 3 is 2.38 bits per heavy atom. The Kier molecular flexibility index (Phi) is 9.06. The molecule has 2 N–H and O–H groups in total. The molecule has 0 aliphatic carbocycles. The maximum Gasteiger partial charge on any atom is 0.408 e. The summed E-state index contributed by atoms with van der Waals surface area (Å²) in [6.07, 6.45) is -1.32. The molecule has 3 unspecified atom stereocenters. The van der Waals surface area contributed by atoms with E-state index in [2.05, 4.69) is 10.3 Å². The average Bonchev–Trinajstić information content (AvgIpc) is 3.25. The van der Waals surface area contributed by atoms with Crippen LogP contribution < -0.4 is 19.5 Å². The Labute approximate surface area is 235 Å². The lowest BCUT2D eigenvalue weighted by Gasteiger charge is -2.35. The van der Waals surface area contributed by atoms with Crippen molar-refractivity contribution in [3.8, 4) is 17.4 Å². The van der Waals surface area contributed by atoms with Gasteiger partial charge in [-0.3, -0.25) is 4.79 Å². The molecule has 220 valence electrons. The van der Waals surface area contributed by atoms with E-state index in [0.29, 0.717) is 34.9 Å². The number of ether oxygens (including phenoxy) is 4. The molecule has 1 fully saturated rings. The number of carboxylic acids is 1. The number of carboxylic acid groups (broad SMARTS) is 1. The predicted molar refractivity (Wildman–Crippen MR) is 149 cm³/mol. The number of likely N-dealkylation sites (tertiary alicyclic amines) is 1. The molecule has 2 amide bonds. The summed E-state index contributed by atoms with van der Waals surface area (Å²) in [4.78, 5) is 44.5. The standard InChI is InChI=1S/C29H41N3O8/c1-10-38-22-14-21(18-11-12-20(37-9)16(2)23(18)30-22)39-17-13-19(26(34)35)32(15-17)25(33)24(28(3,4)5)31-27(36)40-29(6,7)8/h11-12,14,17,19,24H,10,13,15H2,1-9H3,(H,31,36)(H,34,35). The van der Waals surface area contributed by atoms with Crippen LogP contribution in [-0.4, -0.2) is 77.0 Å². The van der Waals surface area contributed by atoms with E-state index in [1.165, 1.54) is 4.90 Å². The molecular weight excluding hydrogens is 518 g/mol. The summed E-state index contributed by atoms with van der Waals surface area (Å²) in [7, 11) is 1.58. The molecule has 1 aromatic heterocycles. The van der Waals surface area contributed by atoms with Crippen molar-refractivity contribution in [3.63, 3.8) is 0 Å². The van der Waals surface area contributed by atoms with Gasteiger partial charge < -0.3 is 34.3 Å². The molecular formula is C29H41N3O8. The number of carbonyl (C=O) groups excluding carboxylic acids is 2. The van der Waals surface area contributed by atoms with Gasteiger partial charge in [-0.25, -0.2) is 14.6 Å². The third-order valence-corrected chi connectivity index (χ3v) is 6.53. The molecule has 0 bridgehead atoms. The maximum absolute atomic E-state index is 13.8. The third-order valence-electron chi connectivity index (χ3n) is 6.53. The molecule has 0 saturated carbocycles. The summed E-state index contributed by atoms with van der Waals surface area (Å²) >= 11 is 0. The summed E-state index contributed by atoms with van der Waals surface area (Å²) in [5, 5.41) is 13.4. The Bertz CT molecular complexity index is 1260. The fourth-order valence-corrected chi connectivity index (χ4v) is 4.68. The van der Waals surface area contributed by atoms with Gasteiger partial charge in [0, 0.05) is 23.4 Å². The Hall–Kier alpha value is -3.76. The minimum absolute atomic E-state index is 0.0152. The van der Waals surface area contributed by atoms with Gasteiger partial charge in [0.1, 0.15) is 35.3 Å². The van der Waals surface area contributed by atoms with Crippen LogP contribution in [-0.2, 0) is 14.3 Å². The number of methoxy groups -OCH3 is 1. The highest BCUT2D eigenvalue weighted by Crippen LogP contribution is 2.36. The number of rotatable bonds is 8. The fourth-order valence-electron chi connectivity index (χ4n) is 4.68. The van der Waals surface area contributed by atoms with Crippen molar-refractivity contribution >= 4 is 28.9 Å². The number of aryl methyl sites for hydroxylation is 1. The lowest BCUT2D eigenvalue weighted by molar-refractivity contribution is -0.150. The molecule has 2 heterocycles. The van der Waals surface area contributed by atoms with E-state index < -0.39 is 47.2 Å². The first-order chi connectivity index (χ1) is 18.6. The van der Waals surface area contributed by atoms with Crippen LogP contribution in [0.2, 0.25) is 0 Å². The summed E-state index contributed by atoms with van der Waals surface area (Å²) in [5.41, 5.74) is -0.0446. The topological polar surface area (TPSA) is 137 Å². The smallest absolute Gasteiger partial charge is 0.408 e. The molecule has 1 saturated heterocycles. The average molecular weight is 560 g/mol. The SMILES string of the molecule is CCOc1cc(OC2CC(C(=O)O)N(C(=O)C(NC(=O)OC(C)(C)C)C(C)(C)C)C2)c2ccc(OC)c(C)c2n1. The molecule has 0 radical (unpaired) electrons. The van der Waals surface area contributed by atoms with Gasteiger partial charge in [0.2, 0.25) is 11.8 Å². The van der Waals surface area contributed by atoms with Gasteiger partial charge >= 0.3 is 12.1 Å². The van der Waals surface area contributed by atoms with Gasteiger partial charge in [-0.1, -0.05) is 20.8 Å². The number of alkyl carbamates (subject to hydrolysis) is 1. The maximum atomic E-state index is 13.8. The van der Waals surface area contributed by atoms with Crippen molar-refractivity contribution in [2.24, 2.45) is 5.41 Å². The zero-order valence-corrected chi connectivity index (χ0v) is 24.8. The van der Waals surface area contributed by atoms with Crippen molar-refractivity contribution in [3.05, 3.63) is 23.8 Å². The van der Waals surface area contributed by atoms with Gasteiger partial charge in [-0.2, -0.15) is 0 Å². The van der Waals surface area contributed by atoms with Gasteiger partial charge in [-0.05, 0) is 52.2 Å². The Morgan fingerprint density at radius 2 is 1.82 bits per heavy atom. The number of pyridine rings is 1. The van der Waals surface area contributed by atoms with Gasteiger partial charge in [0.05, 0.1) is 25.8 Å². The van der Waals surface area contributed by atoms with E-state index in [9.17, 15) is 19.5 Å². The van der Waals surface area contributed by atoms with E-state index in [0.717, 1.165) is 5.56 Å². The molecule has 11 nitrogen and oxygen atoms in total. The molecule has 1 aromatic carbocycles. The second kappa shape index (κ2) is 11.8. The lowest BCUT2D eigenvalue weighted by Crippen LogP contribution is -2.57. The lowest BCUT2D eigenvalue weighted by atomic mass is 9.85. The third kappa shape index (κ3) is 7.05. The first kappa shape index (κ1) is 30.8.